The van der Waals surface area contributed by atoms with Gasteiger partial charge in [0.05, 0.1) is 0 Å². The first kappa shape index (κ1) is 18.5. The maximum Gasteiger partial charge on any atom is 0.322 e. The molecular weight excluding hydrogens is 346 g/mol. The van der Waals surface area contributed by atoms with E-state index in [0.717, 1.165) is 21.3 Å². The molecule has 0 aromatic heterocycles. The summed E-state index contributed by atoms with van der Waals surface area (Å²) in [6.45, 7) is 9.58. The number of carbonyl (C=O) groups is 2. The lowest BCUT2D eigenvalue weighted by Gasteiger charge is -2.24. The van der Waals surface area contributed by atoms with E-state index in [1.807, 2.05) is 46.8 Å². The van der Waals surface area contributed by atoms with Gasteiger partial charge in [0.1, 0.15) is 6.54 Å². The Balaban J connectivity index is 2.71. The highest BCUT2D eigenvalue weighted by molar-refractivity contribution is 9.10. The summed E-state index contributed by atoms with van der Waals surface area (Å²) in [6, 6.07) is 3.57. The van der Waals surface area contributed by atoms with Crippen LogP contribution in [0.15, 0.2) is 16.6 Å². The van der Waals surface area contributed by atoms with Gasteiger partial charge in [-0.1, -0.05) is 15.9 Å². The molecule has 3 amide bonds. The van der Waals surface area contributed by atoms with Crippen LogP contribution >= 0.6 is 15.9 Å². The molecule has 0 atom stereocenters. The lowest BCUT2D eigenvalue weighted by molar-refractivity contribution is -0.122. The lowest BCUT2D eigenvalue weighted by atomic mass is 10.1. The lowest BCUT2D eigenvalue weighted by Crippen LogP contribution is -2.47. The molecule has 1 aromatic rings. The minimum Gasteiger partial charge on any atom is -0.350 e. The van der Waals surface area contributed by atoms with E-state index in [2.05, 4.69) is 26.6 Å². The Morgan fingerprint density at radius 2 is 1.68 bits per heavy atom. The number of hydrogen-bond acceptors (Lipinski definition) is 2. The third-order valence-corrected chi connectivity index (χ3v) is 3.43. The van der Waals surface area contributed by atoms with Gasteiger partial charge in [-0.25, -0.2) is 4.79 Å². The highest BCUT2D eigenvalue weighted by Gasteiger charge is 2.18. The number of urea groups is 1. The SMILES string of the molecule is Cc1cc(Br)cc(C)c1NC(=O)N(C)CC(=O)NC(C)(C)C. The summed E-state index contributed by atoms with van der Waals surface area (Å²) < 4.78 is 0.971. The topological polar surface area (TPSA) is 61.4 Å². The zero-order valence-electron chi connectivity index (χ0n) is 14.0. The summed E-state index contributed by atoms with van der Waals surface area (Å²) in [4.78, 5) is 25.5. The van der Waals surface area contributed by atoms with Crippen LogP contribution in [0.2, 0.25) is 0 Å². The van der Waals surface area contributed by atoms with Crippen molar-refractivity contribution in [3.8, 4) is 0 Å². The third kappa shape index (κ3) is 5.67. The molecule has 0 aliphatic rings. The summed E-state index contributed by atoms with van der Waals surface area (Å²) in [5.41, 5.74) is 2.39. The van der Waals surface area contributed by atoms with E-state index in [9.17, 15) is 9.59 Å². The van der Waals surface area contributed by atoms with Crippen molar-refractivity contribution in [2.75, 3.05) is 18.9 Å². The Bertz CT molecular complexity index is 556. The number of rotatable bonds is 3. The van der Waals surface area contributed by atoms with Gasteiger partial charge in [0.2, 0.25) is 5.91 Å². The van der Waals surface area contributed by atoms with E-state index in [1.54, 1.807) is 7.05 Å². The molecule has 0 radical (unpaired) electrons. The third-order valence-electron chi connectivity index (χ3n) is 2.97. The van der Waals surface area contributed by atoms with Crippen molar-refractivity contribution in [1.29, 1.82) is 0 Å². The first-order chi connectivity index (χ1) is 9.99. The molecule has 0 bridgehead atoms. The molecule has 0 unspecified atom stereocenters. The zero-order chi connectivity index (χ0) is 17.1. The molecule has 0 spiro atoms. The van der Waals surface area contributed by atoms with Gasteiger partial charge in [0.15, 0.2) is 0 Å². The van der Waals surface area contributed by atoms with Gasteiger partial charge in [-0.05, 0) is 57.9 Å². The number of likely N-dealkylation sites (N-methyl/N-ethyl adjacent to an activating group) is 1. The molecule has 0 heterocycles. The van der Waals surface area contributed by atoms with Crippen LogP contribution < -0.4 is 10.6 Å². The van der Waals surface area contributed by atoms with Crippen LogP contribution in [-0.4, -0.2) is 36.0 Å². The number of carbonyl (C=O) groups excluding carboxylic acids is 2. The van der Waals surface area contributed by atoms with Crippen LogP contribution in [0, 0.1) is 13.8 Å². The molecular formula is C16H24BrN3O2. The summed E-state index contributed by atoms with van der Waals surface area (Å²) in [6.07, 6.45) is 0. The average molecular weight is 370 g/mol. The van der Waals surface area contributed by atoms with E-state index < -0.39 is 0 Å². The molecule has 1 rings (SSSR count). The first-order valence-corrected chi connectivity index (χ1v) is 7.89. The van der Waals surface area contributed by atoms with Crippen molar-refractivity contribution in [3.05, 3.63) is 27.7 Å². The fourth-order valence-electron chi connectivity index (χ4n) is 2.06. The minimum atomic E-state index is -0.312. The van der Waals surface area contributed by atoms with Crippen LogP contribution in [0.5, 0.6) is 0 Å². The highest BCUT2D eigenvalue weighted by Crippen LogP contribution is 2.25. The quantitative estimate of drug-likeness (QED) is 0.856. The summed E-state index contributed by atoms with van der Waals surface area (Å²) in [7, 11) is 1.60. The Labute approximate surface area is 140 Å². The second kappa shape index (κ2) is 7.13. The average Bonchev–Trinajstić information content (AvgIpc) is 2.30. The zero-order valence-corrected chi connectivity index (χ0v) is 15.6. The van der Waals surface area contributed by atoms with Crippen molar-refractivity contribution in [3.63, 3.8) is 0 Å². The van der Waals surface area contributed by atoms with E-state index in [0.29, 0.717) is 0 Å². The second-order valence-electron chi connectivity index (χ2n) is 6.50. The van der Waals surface area contributed by atoms with E-state index in [4.69, 9.17) is 0 Å². The van der Waals surface area contributed by atoms with Gasteiger partial charge < -0.3 is 15.5 Å². The number of hydrogen-bond donors (Lipinski definition) is 2. The smallest absolute Gasteiger partial charge is 0.322 e. The van der Waals surface area contributed by atoms with Crippen LogP contribution in [0.1, 0.15) is 31.9 Å². The van der Waals surface area contributed by atoms with Gasteiger partial charge in [-0.15, -0.1) is 0 Å². The number of halogens is 1. The molecule has 0 fully saturated rings. The molecule has 1 aromatic carbocycles. The van der Waals surface area contributed by atoms with Crippen LogP contribution in [0.3, 0.4) is 0 Å². The van der Waals surface area contributed by atoms with Gasteiger partial charge in [-0.2, -0.15) is 0 Å². The monoisotopic (exact) mass is 369 g/mol. The van der Waals surface area contributed by atoms with Gasteiger partial charge in [-0.3, -0.25) is 4.79 Å². The van der Waals surface area contributed by atoms with Crippen molar-refractivity contribution in [2.24, 2.45) is 0 Å². The van der Waals surface area contributed by atoms with Gasteiger partial charge >= 0.3 is 6.03 Å². The fraction of sp³-hybridized carbons (Fsp3) is 0.500. The molecule has 6 heteroatoms. The number of nitrogens with one attached hydrogen (secondary N) is 2. The predicted molar refractivity (Wildman–Crippen MR) is 93.2 cm³/mol. The molecule has 0 aliphatic heterocycles. The molecule has 2 N–H and O–H groups in total. The predicted octanol–water partition coefficient (Wildman–Crippen LogP) is 3.44. The summed E-state index contributed by atoms with van der Waals surface area (Å²) in [5.74, 6) is -0.186. The Kier molecular flexibility index (Phi) is 6.00. The number of benzene rings is 1. The summed E-state index contributed by atoms with van der Waals surface area (Å²) in [5, 5.41) is 5.69. The first-order valence-electron chi connectivity index (χ1n) is 7.09. The van der Waals surface area contributed by atoms with E-state index >= 15 is 0 Å². The Hall–Kier alpha value is -1.56. The van der Waals surface area contributed by atoms with E-state index in [-0.39, 0.29) is 24.0 Å². The molecule has 122 valence electrons. The summed E-state index contributed by atoms with van der Waals surface area (Å²) >= 11 is 3.43. The fourth-order valence-corrected chi connectivity index (χ4v) is 2.74. The number of nitrogens with zero attached hydrogens (tertiary/aromatic N) is 1. The largest absolute Gasteiger partial charge is 0.350 e. The van der Waals surface area contributed by atoms with Crippen LogP contribution in [-0.2, 0) is 4.79 Å². The minimum absolute atomic E-state index is 0.0116. The van der Waals surface area contributed by atoms with Gasteiger partial charge in [0, 0.05) is 22.7 Å². The highest BCUT2D eigenvalue weighted by atomic mass is 79.9. The second-order valence-corrected chi connectivity index (χ2v) is 7.41. The normalized spacial score (nSPS) is 11.0. The molecule has 0 aliphatic carbocycles. The number of anilines is 1. The van der Waals surface area contributed by atoms with Crippen molar-refractivity contribution >= 4 is 33.6 Å². The Morgan fingerprint density at radius 1 is 1.18 bits per heavy atom. The number of aryl methyl sites for hydroxylation is 2. The maximum absolute atomic E-state index is 12.2. The molecule has 22 heavy (non-hydrogen) atoms. The van der Waals surface area contributed by atoms with Crippen molar-refractivity contribution in [2.45, 2.75) is 40.2 Å². The van der Waals surface area contributed by atoms with Crippen molar-refractivity contribution in [1.82, 2.24) is 10.2 Å². The Morgan fingerprint density at radius 3 is 2.14 bits per heavy atom. The van der Waals surface area contributed by atoms with Crippen LogP contribution in [0.25, 0.3) is 0 Å². The maximum atomic E-state index is 12.2. The van der Waals surface area contributed by atoms with Crippen molar-refractivity contribution < 1.29 is 9.59 Å². The molecule has 5 nitrogen and oxygen atoms in total. The molecule has 0 saturated carbocycles. The van der Waals surface area contributed by atoms with Crippen LogP contribution in [0.4, 0.5) is 10.5 Å². The van der Waals surface area contributed by atoms with Gasteiger partial charge in [0.25, 0.3) is 0 Å². The van der Waals surface area contributed by atoms with E-state index in [1.165, 1.54) is 4.90 Å². The molecule has 0 saturated heterocycles. The standard InChI is InChI=1S/C16H24BrN3O2/c1-10-7-12(17)8-11(2)14(10)18-15(22)20(6)9-13(21)19-16(3,4)5/h7-8H,9H2,1-6H3,(H,18,22)(H,19,21). The number of amides is 3.